The highest BCUT2D eigenvalue weighted by Gasteiger charge is 2.18. The zero-order valence-electron chi connectivity index (χ0n) is 18.5. The number of ether oxygens (including phenoxy) is 1. The Balaban J connectivity index is 1.84. The molecule has 0 saturated heterocycles. The molecule has 0 aliphatic heterocycles. The van der Waals surface area contributed by atoms with Crippen molar-refractivity contribution in [2.45, 2.75) is 79.2 Å². The SMILES string of the molecule is CC/C(=C\c1sc(C(=O)C(C)CC)cc1C)c1ccc(OC2CCCC2)cc1C. The highest BCUT2D eigenvalue weighted by Crippen LogP contribution is 2.33. The minimum atomic E-state index is 0.0881. The minimum Gasteiger partial charge on any atom is -0.490 e. The lowest BCUT2D eigenvalue weighted by Crippen LogP contribution is -2.10. The summed E-state index contributed by atoms with van der Waals surface area (Å²) >= 11 is 1.63. The summed E-state index contributed by atoms with van der Waals surface area (Å²) < 4.78 is 6.17. The van der Waals surface area contributed by atoms with Crippen LogP contribution in [0.2, 0.25) is 0 Å². The van der Waals surface area contributed by atoms with Crippen LogP contribution in [0.3, 0.4) is 0 Å². The van der Waals surface area contributed by atoms with E-state index in [-0.39, 0.29) is 11.7 Å². The Hall–Kier alpha value is -1.87. The van der Waals surface area contributed by atoms with Gasteiger partial charge in [0.15, 0.2) is 5.78 Å². The maximum absolute atomic E-state index is 12.6. The summed E-state index contributed by atoms with van der Waals surface area (Å²) in [4.78, 5) is 14.7. The molecule has 1 fully saturated rings. The van der Waals surface area contributed by atoms with Crippen molar-refractivity contribution in [3.05, 3.63) is 50.7 Å². The van der Waals surface area contributed by atoms with Crippen molar-refractivity contribution < 1.29 is 9.53 Å². The van der Waals surface area contributed by atoms with Crippen LogP contribution in [0, 0.1) is 19.8 Å². The van der Waals surface area contributed by atoms with Crippen molar-refractivity contribution in [2.24, 2.45) is 5.92 Å². The second-order valence-corrected chi connectivity index (χ2v) is 9.44. The molecule has 0 spiro atoms. The molecule has 0 bridgehead atoms. The van der Waals surface area contributed by atoms with E-state index in [2.05, 4.69) is 58.0 Å². The monoisotopic (exact) mass is 410 g/mol. The van der Waals surface area contributed by atoms with Crippen molar-refractivity contribution in [1.82, 2.24) is 0 Å². The first-order valence-electron chi connectivity index (χ1n) is 11.1. The van der Waals surface area contributed by atoms with Gasteiger partial charge in [-0.1, -0.05) is 26.8 Å². The molecular weight excluding hydrogens is 376 g/mol. The molecule has 1 aliphatic rings. The maximum atomic E-state index is 12.6. The first-order valence-corrected chi connectivity index (χ1v) is 11.9. The molecule has 2 aromatic rings. The third-order valence-corrected chi connectivity index (χ3v) is 7.29. The van der Waals surface area contributed by atoms with Gasteiger partial charge in [-0.3, -0.25) is 4.79 Å². The summed E-state index contributed by atoms with van der Waals surface area (Å²) in [6.45, 7) is 10.6. The lowest BCUT2D eigenvalue weighted by molar-refractivity contribution is 0.0931. The maximum Gasteiger partial charge on any atom is 0.175 e. The highest BCUT2D eigenvalue weighted by molar-refractivity contribution is 7.15. The van der Waals surface area contributed by atoms with Crippen LogP contribution in [-0.2, 0) is 0 Å². The van der Waals surface area contributed by atoms with Gasteiger partial charge < -0.3 is 4.74 Å². The molecule has 1 saturated carbocycles. The fourth-order valence-corrected chi connectivity index (χ4v) is 5.18. The summed E-state index contributed by atoms with van der Waals surface area (Å²) in [5.74, 6) is 1.34. The quantitative estimate of drug-likeness (QED) is 0.414. The molecule has 2 nitrogen and oxygen atoms in total. The third-order valence-electron chi connectivity index (χ3n) is 6.09. The summed E-state index contributed by atoms with van der Waals surface area (Å²) in [5, 5.41) is 0. The number of benzene rings is 1. The van der Waals surface area contributed by atoms with Gasteiger partial charge in [-0.15, -0.1) is 11.3 Å². The molecular formula is C26H34O2S. The predicted octanol–water partition coefficient (Wildman–Crippen LogP) is 7.87. The van der Waals surface area contributed by atoms with Gasteiger partial charge in [0.1, 0.15) is 5.75 Å². The average Bonchev–Trinajstić information content (AvgIpc) is 3.35. The topological polar surface area (TPSA) is 26.3 Å². The number of carbonyl (C=O) groups is 1. The third kappa shape index (κ3) is 5.19. The van der Waals surface area contributed by atoms with E-state index in [1.54, 1.807) is 11.3 Å². The van der Waals surface area contributed by atoms with Gasteiger partial charge in [-0.05, 0) is 98.9 Å². The number of Topliss-reactive ketones (excluding diaryl/α,β-unsaturated/α-hetero) is 1. The lowest BCUT2D eigenvalue weighted by atomic mass is 9.97. The van der Waals surface area contributed by atoms with Crippen LogP contribution in [0.25, 0.3) is 11.6 Å². The van der Waals surface area contributed by atoms with Crippen molar-refractivity contribution >= 4 is 28.8 Å². The van der Waals surface area contributed by atoms with Gasteiger partial charge in [-0.2, -0.15) is 0 Å². The number of rotatable bonds is 8. The Labute approximate surface area is 180 Å². The predicted molar refractivity (Wildman–Crippen MR) is 125 cm³/mol. The van der Waals surface area contributed by atoms with Gasteiger partial charge in [-0.25, -0.2) is 0 Å². The molecule has 29 heavy (non-hydrogen) atoms. The Bertz CT molecular complexity index is 884. The van der Waals surface area contributed by atoms with Gasteiger partial charge in [0, 0.05) is 10.8 Å². The normalized spacial score (nSPS) is 16.2. The molecule has 1 aromatic heterocycles. The smallest absolute Gasteiger partial charge is 0.175 e. The van der Waals surface area contributed by atoms with Crippen LogP contribution >= 0.6 is 11.3 Å². The Morgan fingerprint density at radius 2 is 1.90 bits per heavy atom. The first kappa shape index (κ1) is 21.8. The second kappa shape index (κ2) is 9.75. The Morgan fingerprint density at radius 3 is 2.52 bits per heavy atom. The molecule has 0 radical (unpaired) electrons. The van der Waals surface area contributed by atoms with Gasteiger partial charge in [0.2, 0.25) is 0 Å². The van der Waals surface area contributed by atoms with Crippen LogP contribution in [-0.4, -0.2) is 11.9 Å². The number of carbonyl (C=O) groups excluding carboxylic acids is 1. The Morgan fingerprint density at radius 1 is 1.17 bits per heavy atom. The summed E-state index contributed by atoms with van der Waals surface area (Å²) in [7, 11) is 0. The molecule has 156 valence electrons. The summed E-state index contributed by atoms with van der Waals surface area (Å²) in [6, 6.07) is 8.55. The van der Waals surface area contributed by atoms with Crippen LogP contribution in [0.1, 0.15) is 90.5 Å². The first-order chi connectivity index (χ1) is 13.9. The van der Waals surface area contributed by atoms with Crippen molar-refractivity contribution in [3.63, 3.8) is 0 Å². The van der Waals surface area contributed by atoms with E-state index in [0.29, 0.717) is 6.10 Å². The summed E-state index contributed by atoms with van der Waals surface area (Å²) in [5.41, 5.74) is 5.02. The molecule has 0 amide bonds. The van der Waals surface area contributed by atoms with Gasteiger partial charge in [0.25, 0.3) is 0 Å². The van der Waals surface area contributed by atoms with E-state index in [4.69, 9.17) is 4.74 Å². The fraction of sp³-hybridized carbons (Fsp3) is 0.500. The van der Waals surface area contributed by atoms with E-state index < -0.39 is 0 Å². The van der Waals surface area contributed by atoms with Gasteiger partial charge in [0.05, 0.1) is 11.0 Å². The molecule has 0 N–H and O–H groups in total. The number of ketones is 1. The van der Waals surface area contributed by atoms with Gasteiger partial charge >= 0.3 is 0 Å². The number of allylic oxidation sites excluding steroid dienone is 1. The molecule has 1 atom stereocenters. The molecule has 3 heteroatoms. The average molecular weight is 411 g/mol. The molecule has 1 unspecified atom stereocenters. The number of thiophene rings is 1. The standard InChI is InChI=1S/C26H34O2S/c1-6-17(3)26(27)25-15-19(5)24(29-25)16-20(7-2)23-13-12-22(14-18(23)4)28-21-10-8-9-11-21/h12-17,21H,6-11H2,1-5H3/b20-16+. The zero-order valence-corrected chi connectivity index (χ0v) is 19.3. The fourth-order valence-electron chi connectivity index (χ4n) is 3.99. The summed E-state index contributed by atoms with van der Waals surface area (Å²) in [6.07, 6.45) is 9.42. The highest BCUT2D eigenvalue weighted by atomic mass is 32.1. The van der Waals surface area contributed by atoms with E-state index in [1.165, 1.54) is 52.8 Å². The second-order valence-electron chi connectivity index (χ2n) is 8.36. The molecule has 1 aromatic carbocycles. The van der Waals surface area contributed by atoms with Crippen molar-refractivity contribution in [1.29, 1.82) is 0 Å². The largest absolute Gasteiger partial charge is 0.490 e. The molecule has 1 heterocycles. The van der Waals surface area contributed by atoms with Crippen LogP contribution in [0.5, 0.6) is 5.75 Å². The van der Waals surface area contributed by atoms with Crippen LogP contribution in [0.4, 0.5) is 0 Å². The lowest BCUT2D eigenvalue weighted by Gasteiger charge is -2.16. The molecule has 1 aliphatic carbocycles. The minimum absolute atomic E-state index is 0.0881. The number of hydrogen-bond donors (Lipinski definition) is 0. The zero-order chi connectivity index (χ0) is 21.0. The van der Waals surface area contributed by atoms with E-state index in [0.717, 1.165) is 23.5 Å². The number of aryl methyl sites for hydroxylation is 2. The molecule has 3 rings (SSSR count). The van der Waals surface area contributed by atoms with E-state index >= 15 is 0 Å². The van der Waals surface area contributed by atoms with Crippen LogP contribution in [0.15, 0.2) is 24.3 Å². The Kier molecular flexibility index (Phi) is 7.34. The number of hydrogen-bond acceptors (Lipinski definition) is 3. The van der Waals surface area contributed by atoms with Crippen molar-refractivity contribution in [3.8, 4) is 5.75 Å². The van der Waals surface area contributed by atoms with Crippen LogP contribution < -0.4 is 4.74 Å². The van der Waals surface area contributed by atoms with E-state index in [9.17, 15) is 4.79 Å². The van der Waals surface area contributed by atoms with E-state index in [1.807, 2.05) is 6.92 Å². The van der Waals surface area contributed by atoms with Crippen molar-refractivity contribution in [2.75, 3.05) is 0 Å².